The van der Waals surface area contributed by atoms with Crippen LogP contribution in [0, 0.1) is 0 Å². The molecule has 0 aromatic heterocycles. The van der Waals surface area contributed by atoms with Gasteiger partial charge in [0.1, 0.15) is 0 Å². The summed E-state index contributed by atoms with van der Waals surface area (Å²) in [7, 11) is -0.296. The Morgan fingerprint density at radius 1 is 0.612 bits per heavy atom. The van der Waals surface area contributed by atoms with E-state index in [9.17, 15) is 21.7 Å². The van der Waals surface area contributed by atoms with Crippen molar-refractivity contribution in [2.75, 3.05) is 0 Å². The number of hydrogen-bond donors (Lipinski definition) is 0. The summed E-state index contributed by atoms with van der Waals surface area (Å²) < 4.78 is 59.6. The van der Waals surface area contributed by atoms with Gasteiger partial charge in [-0.05, 0) is 91.3 Å². The van der Waals surface area contributed by atoms with E-state index in [0.717, 1.165) is 32.7 Å². The van der Waals surface area contributed by atoms with Gasteiger partial charge in [0.15, 0.2) is 20.5 Å². The monoisotopic (exact) mass is 890 g/mol. The summed E-state index contributed by atoms with van der Waals surface area (Å²) in [6.07, 6.45) is 11.8. The molecule has 0 bridgehead atoms. The minimum atomic E-state index is -11.2. The van der Waals surface area contributed by atoms with Gasteiger partial charge in [-0.2, -0.15) is 0 Å². The Labute approximate surface area is 309 Å². The van der Waals surface area contributed by atoms with Crippen LogP contribution < -0.4 is 0 Å². The molecule has 0 saturated carbocycles. The van der Waals surface area contributed by atoms with Gasteiger partial charge in [0.25, 0.3) is 0 Å². The van der Waals surface area contributed by atoms with Crippen LogP contribution in [-0.2, 0) is 10.9 Å². The number of unbranched alkanes of at least 4 members (excludes halogenated alkanes) is 8. The predicted octanol–water partition coefficient (Wildman–Crippen LogP) is 15.1. The Balaban J connectivity index is 0.000000838. The predicted molar refractivity (Wildman–Crippen MR) is 196 cm³/mol. The number of halogens is 9. The third-order valence-corrected chi connectivity index (χ3v) is 11.4. The first-order valence-electron chi connectivity index (χ1n) is 15.8. The summed E-state index contributed by atoms with van der Waals surface area (Å²) in [5.74, 6) is 0.178. The molecule has 0 aliphatic carbocycles. The Morgan fingerprint density at radius 2 is 1.02 bits per heavy atom. The van der Waals surface area contributed by atoms with Crippen molar-refractivity contribution in [1.82, 2.24) is 0 Å². The van der Waals surface area contributed by atoms with E-state index in [4.69, 9.17) is 34.8 Å². The van der Waals surface area contributed by atoms with Gasteiger partial charge in [0.2, 0.25) is 0 Å². The van der Waals surface area contributed by atoms with E-state index < -0.39 is 19.5 Å². The first-order valence-corrected chi connectivity index (χ1v) is 24.8. The molecule has 49 heavy (non-hydrogen) atoms. The summed E-state index contributed by atoms with van der Waals surface area (Å²) in [6.45, 7) is 2.25. The van der Waals surface area contributed by atoms with Crippen molar-refractivity contribution >= 4 is 82.7 Å². The van der Waals surface area contributed by atoms with Crippen molar-refractivity contribution in [3.63, 3.8) is 0 Å². The molecule has 0 amide bonds. The molecule has 0 aliphatic rings. The molecule has 0 atom stereocenters. The van der Waals surface area contributed by atoms with E-state index in [1.54, 1.807) is 11.8 Å². The van der Waals surface area contributed by atoms with Gasteiger partial charge in [-0.1, -0.05) is 111 Å². The van der Waals surface area contributed by atoms with Crippen LogP contribution in [-0.4, -0.2) is 25.3 Å². The van der Waals surface area contributed by atoms with Gasteiger partial charge < -0.3 is 0 Å². The first-order chi connectivity index (χ1) is 22.9. The molecule has 4 rings (SSSR count). The number of ketones is 1. The molecule has 1 nitrogen and oxygen atoms in total. The molecular formula is C36H38Cl3F6OS2Sb. The Morgan fingerprint density at radius 3 is 1.45 bits per heavy atom. The number of benzene rings is 4. The van der Waals surface area contributed by atoms with E-state index in [1.165, 1.54) is 59.6 Å². The Bertz CT molecular complexity index is 1580. The van der Waals surface area contributed by atoms with Gasteiger partial charge in [0, 0.05) is 31.8 Å². The maximum absolute atomic E-state index is 12.8. The quantitative estimate of drug-likeness (QED) is 0.0366. The van der Waals surface area contributed by atoms with Crippen molar-refractivity contribution in [2.45, 2.75) is 95.6 Å². The number of hydrogen-bond acceptors (Lipinski definition) is 2. The van der Waals surface area contributed by atoms with Crippen LogP contribution >= 0.6 is 46.6 Å². The second-order valence-corrected chi connectivity index (χ2v) is 21.3. The molecule has 0 unspecified atom stereocenters. The van der Waals surface area contributed by atoms with Crippen LogP contribution in [0.15, 0.2) is 115 Å². The van der Waals surface area contributed by atoms with Crippen molar-refractivity contribution < 1.29 is 21.7 Å². The molecule has 0 radical (unpaired) electrons. The summed E-state index contributed by atoms with van der Waals surface area (Å²) in [6, 6.07) is 30.4. The molecule has 0 aliphatic heterocycles. The second kappa shape index (κ2) is 18.3. The zero-order chi connectivity index (χ0) is 36.1. The SMILES string of the molecule is CCCCCCCCCCCC(=O)c1ccc(Sc2ccc([S+](c3ccc(Cl)cc3)c3ccc(Cl)cc3)cc2)c(Cl)c1.[F][Sb-]([F])([F])([F])([F])[F]. The van der Waals surface area contributed by atoms with Crippen LogP contribution in [0.4, 0.5) is 16.9 Å². The molecule has 268 valence electrons. The van der Waals surface area contributed by atoms with Crippen LogP contribution in [0.1, 0.15) is 81.5 Å². The van der Waals surface area contributed by atoms with Gasteiger partial charge in [0.05, 0.1) is 15.9 Å². The number of rotatable bonds is 16. The summed E-state index contributed by atoms with van der Waals surface area (Å²) >= 11 is 9.36. The van der Waals surface area contributed by atoms with Gasteiger partial charge in [-0.15, -0.1) is 0 Å². The molecule has 0 saturated heterocycles. The van der Waals surface area contributed by atoms with Crippen LogP contribution in [0.2, 0.25) is 15.1 Å². The number of carbonyl (C=O) groups is 1. The van der Waals surface area contributed by atoms with Gasteiger partial charge in [-0.25, -0.2) is 0 Å². The zero-order valence-electron chi connectivity index (χ0n) is 26.8. The number of Topliss-reactive ketones (excluding diaryl/α,β-unsaturated/α-hetero) is 1. The van der Waals surface area contributed by atoms with E-state index in [-0.39, 0.29) is 16.7 Å². The summed E-state index contributed by atoms with van der Waals surface area (Å²) in [5.41, 5.74) is 0.703. The van der Waals surface area contributed by atoms with Crippen molar-refractivity contribution in [3.8, 4) is 0 Å². The minimum absolute atomic E-state index is 0.178. The average molecular weight is 893 g/mol. The Hall–Kier alpha value is -1.48. The van der Waals surface area contributed by atoms with Crippen molar-refractivity contribution in [1.29, 1.82) is 0 Å². The first kappa shape index (κ1) is 41.9. The van der Waals surface area contributed by atoms with E-state index in [1.807, 2.05) is 42.5 Å². The topological polar surface area (TPSA) is 17.1 Å². The molecule has 0 heterocycles. The third-order valence-electron chi connectivity index (χ3n) is 7.15. The average Bonchev–Trinajstić information content (AvgIpc) is 3.02. The molecule has 4 aromatic carbocycles. The zero-order valence-corrected chi connectivity index (χ0v) is 33.3. The van der Waals surface area contributed by atoms with Gasteiger partial charge >= 0.3 is 36.4 Å². The fraction of sp³-hybridized carbons (Fsp3) is 0.306. The number of carbonyl (C=O) groups excluding carboxylic acids is 1. The molecule has 0 spiro atoms. The fourth-order valence-electron chi connectivity index (χ4n) is 4.82. The summed E-state index contributed by atoms with van der Waals surface area (Å²) in [5, 5.41) is 2.06. The fourth-order valence-corrected chi connectivity index (χ4v) is 8.23. The van der Waals surface area contributed by atoms with E-state index >= 15 is 0 Å². The summed E-state index contributed by atoms with van der Waals surface area (Å²) in [4.78, 5) is 18.4. The van der Waals surface area contributed by atoms with Crippen LogP contribution in [0.25, 0.3) is 0 Å². The second-order valence-electron chi connectivity index (χ2n) is 11.4. The van der Waals surface area contributed by atoms with Gasteiger partial charge in [-0.3, -0.25) is 4.79 Å². The normalized spacial score (nSPS) is 13.0. The molecule has 0 fully saturated rings. The molecule has 13 heteroatoms. The molecule has 0 N–H and O–H groups in total. The Kier molecular flexibility index (Phi) is 15.7. The van der Waals surface area contributed by atoms with Crippen LogP contribution in [0.3, 0.4) is 0 Å². The van der Waals surface area contributed by atoms with E-state index in [2.05, 4.69) is 55.5 Å². The molecular weight excluding hydrogens is 855 g/mol. The maximum atomic E-state index is 12.8. The van der Waals surface area contributed by atoms with E-state index in [0.29, 0.717) is 17.0 Å². The standard InChI is InChI=1S/C36H38Cl3OS2.6FH.Sb/c1-2-3-4-5-6-7-8-9-10-11-35(40)27-12-25-36(34(39)26-27)41-30-17-23-33(24-18-30)42(31-19-13-28(37)14-20-31)32-21-15-29(38)16-22-32;;;;;;;/h12-26H,2-11H2,1H3;6*1H;/q+1;;;;;;;+5/p-6. The van der Waals surface area contributed by atoms with Crippen molar-refractivity contribution in [2.24, 2.45) is 0 Å². The van der Waals surface area contributed by atoms with Crippen LogP contribution in [0.5, 0.6) is 0 Å². The third kappa shape index (κ3) is 17.5. The van der Waals surface area contributed by atoms with Crippen molar-refractivity contribution in [3.05, 3.63) is 112 Å². The molecule has 4 aromatic rings.